The van der Waals surface area contributed by atoms with Crippen LogP contribution in [0.3, 0.4) is 0 Å². The number of methoxy groups -OCH3 is 1. The molecule has 0 aliphatic heterocycles. The molecule has 6 nitrogen and oxygen atoms in total. The summed E-state index contributed by atoms with van der Waals surface area (Å²) in [5, 5.41) is 7.28. The molecule has 1 rings (SSSR count). The highest BCUT2D eigenvalue weighted by atomic mass is 16.5. The van der Waals surface area contributed by atoms with Crippen molar-refractivity contribution < 1.29 is 9.47 Å². The van der Waals surface area contributed by atoms with E-state index in [1.165, 1.54) is 4.68 Å². The Morgan fingerprint density at radius 3 is 3.00 bits per heavy atom. The molecule has 68 valence electrons. The zero-order chi connectivity index (χ0) is 8.81. The summed E-state index contributed by atoms with van der Waals surface area (Å²) in [5.41, 5.74) is 5.33. The van der Waals surface area contributed by atoms with Gasteiger partial charge in [-0.2, -0.15) is 0 Å². The second-order valence-electron chi connectivity index (χ2n) is 2.21. The molecule has 0 aliphatic rings. The highest BCUT2D eigenvalue weighted by Crippen LogP contribution is 1.92. The SMILES string of the molecule is COCCOCn1cc(N)nn1. The van der Waals surface area contributed by atoms with Crippen molar-refractivity contribution in [3.05, 3.63) is 6.20 Å². The molecule has 0 saturated carbocycles. The third-order valence-corrected chi connectivity index (χ3v) is 1.21. The summed E-state index contributed by atoms with van der Waals surface area (Å²) in [7, 11) is 1.62. The lowest BCUT2D eigenvalue weighted by molar-refractivity contribution is 0.0281. The van der Waals surface area contributed by atoms with Crippen LogP contribution in [0.15, 0.2) is 6.20 Å². The summed E-state index contributed by atoms with van der Waals surface area (Å²) in [6, 6.07) is 0. The maximum atomic E-state index is 5.33. The largest absolute Gasteiger partial charge is 0.382 e. The summed E-state index contributed by atoms with van der Waals surface area (Å²) in [6.45, 7) is 1.47. The Hall–Kier alpha value is -1.14. The monoisotopic (exact) mass is 172 g/mol. The van der Waals surface area contributed by atoms with Gasteiger partial charge < -0.3 is 15.2 Å². The Morgan fingerprint density at radius 1 is 1.58 bits per heavy atom. The second kappa shape index (κ2) is 4.68. The lowest BCUT2D eigenvalue weighted by Crippen LogP contribution is -2.07. The van der Waals surface area contributed by atoms with Crippen LogP contribution in [0, 0.1) is 0 Å². The molecule has 1 heterocycles. The Morgan fingerprint density at radius 2 is 2.42 bits per heavy atom. The molecule has 0 spiro atoms. The zero-order valence-electron chi connectivity index (χ0n) is 6.93. The van der Waals surface area contributed by atoms with E-state index in [9.17, 15) is 0 Å². The predicted molar refractivity (Wildman–Crippen MR) is 42.3 cm³/mol. The standard InChI is InChI=1S/C6H12N4O2/c1-11-2-3-12-5-10-4-6(7)8-9-10/h4H,2-3,5,7H2,1H3. The number of aromatic nitrogens is 3. The number of ether oxygens (including phenoxy) is 2. The first-order valence-electron chi connectivity index (χ1n) is 3.55. The lowest BCUT2D eigenvalue weighted by atomic mass is 10.8. The van der Waals surface area contributed by atoms with Crippen LogP contribution < -0.4 is 5.73 Å². The van der Waals surface area contributed by atoms with Gasteiger partial charge in [-0.1, -0.05) is 5.21 Å². The van der Waals surface area contributed by atoms with Crippen LogP contribution in [0.2, 0.25) is 0 Å². The molecular weight excluding hydrogens is 160 g/mol. The molecule has 0 aliphatic carbocycles. The molecule has 0 aromatic carbocycles. The molecule has 0 saturated heterocycles. The number of nitrogens with zero attached hydrogens (tertiary/aromatic N) is 3. The molecule has 1 aromatic rings. The third-order valence-electron chi connectivity index (χ3n) is 1.21. The highest BCUT2D eigenvalue weighted by molar-refractivity contribution is 5.19. The van der Waals surface area contributed by atoms with Gasteiger partial charge in [0.15, 0.2) is 5.82 Å². The van der Waals surface area contributed by atoms with Crippen molar-refractivity contribution in [1.82, 2.24) is 15.0 Å². The van der Waals surface area contributed by atoms with E-state index in [1.807, 2.05) is 0 Å². The van der Waals surface area contributed by atoms with Crippen LogP contribution in [0.4, 0.5) is 5.82 Å². The van der Waals surface area contributed by atoms with Crippen molar-refractivity contribution in [2.75, 3.05) is 26.1 Å². The Bertz CT molecular complexity index is 225. The summed E-state index contributed by atoms with van der Waals surface area (Å²) in [4.78, 5) is 0. The van der Waals surface area contributed by atoms with Gasteiger partial charge >= 0.3 is 0 Å². The Kier molecular flexibility index (Phi) is 3.49. The Labute approximate surface area is 70.3 Å². The van der Waals surface area contributed by atoms with Gasteiger partial charge in [0.2, 0.25) is 0 Å². The van der Waals surface area contributed by atoms with E-state index in [-0.39, 0.29) is 0 Å². The van der Waals surface area contributed by atoms with Gasteiger partial charge in [0, 0.05) is 7.11 Å². The molecule has 6 heteroatoms. The topological polar surface area (TPSA) is 75.2 Å². The van der Waals surface area contributed by atoms with E-state index in [4.69, 9.17) is 15.2 Å². The minimum atomic E-state index is 0.355. The van der Waals surface area contributed by atoms with Crippen LogP contribution in [0.25, 0.3) is 0 Å². The molecule has 0 unspecified atom stereocenters. The fourth-order valence-electron chi connectivity index (χ4n) is 0.677. The number of anilines is 1. The molecule has 0 bridgehead atoms. The summed E-state index contributed by atoms with van der Waals surface area (Å²) in [5.74, 6) is 0.394. The fraction of sp³-hybridized carbons (Fsp3) is 0.667. The third kappa shape index (κ3) is 2.85. The predicted octanol–water partition coefficient (Wildman–Crippen LogP) is -0.519. The van der Waals surface area contributed by atoms with E-state index < -0.39 is 0 Å². The number of nitrogen functional groups attached to an aromatic ring is 1. The van der Waals surface area contributed by atoms with Crippen molar-refractivity contribution in [2.45, 2.75) is 6.73 Å². The summed E-state index contributed by atoms with van der Waals surface area (Å²) < 4.78 is 11.5. The van der Waals surface area contributed by atoms with Gasteiger partial charge in [-0.05, 0) is 0 Å². The summed E-state index contributed by atoms with van der Waals surface area (Å²) in [6.07, 6.45) is 1.60. The first-order valence-corrected chi connectivity index (χ1v) is 3.55. The molecule has 2 N–H and O–H groups in total. The normalized spacial score (nSPS) is 10.4. The molecule has 12 heavy (non-hydrogen) atoms. The summed E-state index contributed by atoms with van der Waals surface area (Å²) >= 11 is 0. The van der Waals surface area contributed by atoms with Crippen LogP contribution in [0.5, 0.6) is 0 Å². The zero-order valence-corrected chi connectivity index (χ0v) is 6.93. The number of nitrogens with two attached hydrogens (primary N) is 1. The minimum Gasteiger partial charge on any atom is -0.382 e. The van der Waals surface area contributed by atoms with E-state index in [0.29, 0.717) is 25.8 Å². The second-order valence-corrected chi connectivity index (χ2v) is 2.21. The van der Waals surface area contributed by atoms with E-state index in [0.717, 1.165) is 0 Å². The van der Waals surface area contributed by atoms with Crippen LogP contribution in [-0.4, -0.2) is 35.3 Å². The number of rotatable bonds is 5. The first-order chi connectivity index (χ1) is 5.83. The van der Waals surface area contributed by atoms with Crippen LogP contribution >= 0.6 is 0 Å². The van der Waals surface area contributed by atoms with Crippen molar-refractivity contribution in [2.24, 2.45) is 0 Å². The maximum Gasteiger partial charge on any atom is 0.166 e. The first kappa shape index (κ1) is 8.95. The van der Waals surface area contributed by atoms with Gasteiger partial charge in [0.05, 0.1) is 19.4 Å². The van der Waals surface area contributed by atoms with Crippen LogP contribution in [-0.2, 0) is 16.2 Å². The lowest BCUT2D eigenvalue weighted by Gasteiger charge is -2.01. The molecule has 0 fully saturated rings. The average molecular weight is 172 g/mol. The minimum absolute atomic E-state index is 0.355. The highest BCUT2D eigenvalue weighted by Gasteiger charge is 1.94. The van der Waals surface area contributed by atoms with E-state index in [1.54, 1.807) is 13.3 Å². The average Bonchev–Trinajstić information content (AvgIpc) is 2.45. The maximum absolute atomic E-state index is 5.33. The van der Waals surface area contributed by atoms with E-state index in [2.05, 4.69) is 10.3 Å². The molecule has 1 aromatic heterocycles. The van der Waals surface area contributed by atoms with Gasteiger partial charge in [-0.25, -0.2) is 4.68 Å². The smallest absolute Gasteiger partial charge is 0.166 e. The number of hydrogen-bond acceptors (Lipinski definition) is 5. The van der Waals surface area contributed by atoms with Crippen molar-refractivity contribution in [3.8, 4) is 0 Å². The van der Waals surface area contributed by atoms with E-state index >= 15 is 0 Å². The van der Waals surface area contributed by atoms with Crippen molar-refractivity contribution in [3.63, 3.8) is 0 Å². The van der Waals surface area contributed by atoms with Crippen molar-refractivity contribution >= 4 is 5.82 Å². The molecule has 0 atom stereocenters. The Balaban J connectivity index is 2.15. The van der Waals surface area contributed by atoms with Crippen LogP contribution in [0.1, 0.15) is 0 Å². The molecule has 0 radical (unpaired) electrons. The van der Waals surface area contributed by atoms with Gasteiger partial charge in [-0.15, -0.1) is 5.10 Å². The van der Waals surface area contributed by atoms with Gasteiger partial charge in [0.25, 0.3) is 0 Å². The van der Waals surface area contributed by atoms with Crippen molar-refractivity contribution in [1.29, 1.82) is 0 Å². The number of hydrogen-bond donors (Lipinski definition) is 1. The van der Waals surface area contributed by atoms with Gasteiger partial charge in [0.1, 0.15) is 6.73 Å². The van der Waals surface area contributed by atoms with Gasteiger partial charge in [-0.3, -0.25) is 0 Å². The quantitative estimate of drug-likeness (QED) is 0.605. The molecular formula is C6H12N4O2. The fourth-order valence-corrected chi connectivity index (χ4v) is 0.677. The molecule has 0 amide bonds.